The van der Waals surface area contributed by atoms with E-state index in [1.807, 2.05) is 0 Å². The minimum absolute atomic E-state index is 0.0690. The molecule has 0 atom stereocenters. The number of hydrogen-bond donors (Lipinski definition) is 1. The van der Waals surface area contributed by atoms with Crippen molar-refractivity contribution in [3.8, 4) is 11.6 Å². The summed E-state index contributed by atoms with van der Waals surface area (Å²) in [4.78, 5) is 25.0. The molecule has 2 aromatic rings. The average molecular weight is 329 g/mol. The van der Waals surface area contributed by atoms with Crippen LogP contribution in [0.2, 0.25) is 10.0 Å². The van der Waals surface area contributed by atoms with E-state index in [9.17, 15) is 14.9 Å². The number of halogens is 2. The number of carbonyl (C=O) groups is 1. The molecular weight excluding hydrogens is 323 g/mol. The molecule has 21 heavy (non-hydrogen) atoms. The van der Waals surface area contributed by atoms with Crippen LogP contribution in [0.1, 0.15) is 10.4 Å². The van der Waals surface area contributed by atoms with Crippen molar-refractivity contribution >= 4 is 34.9 Å². The molecule has 0 unspecified atom stereocenters. The van der Waals surface area contributed by atoms with Gasteiger partial charge in [0.25, 0.3) is 0 Å². The Morgan fingerprint density at radius 1 is 1.33 bits per heavy atom. The molecule has 1 aromatic heterocycles. The number of carboxylic acid groups (broad SMARTS) is 1. The maximum atomic E-state index is 11.0. The fourth-order valence-electron chi connectivity index (χ4n) is 1.47. The molecule has 1 N–H and O–H groups in total. The van der Waals surface area contributed by atoms with Crippen molar-refractivity contribution in [2.75, 3.05) is 0 Å². The summed E-state index contributed by atoms with van der Waals surface area (Å²) in [5.74, 6) is -1.52. The Hall–Kier alpha value is -2.38. The number of hydrogen-bond acceptors (Lipinski definition) is 5. The first-order valence-corrected chi connectivity index (χ1v) is 6.14. The molecule has 1 heterocycles. The maximum absolute atomic E-state index is 11.0. The quantitative estimate of drug-likeness (QED) is 0.676. The number of pyridine rings is 1. The number of nitrogens with zero attached hydrogens (tertiary/aromatic N) is 2. The predicted octanol–water partition coefficient (Wildman–Crippen LogP) is 3.79. The van der Waals surface area contributed by atoms with E-state index in [2.05, 4.69) is 4.98 Å². The van der Waals surface area contributed by atoms with E-state index in [1.165, 1.54) is 12.1 Å². The lowest BCUT2D eigenvalue weighted by Crippen LogP contribution is -2.00. The second-order valence-electron chi connectivity index (χ2n) is 3.78. The van der Waals surface area contributed by atoms with E-state index in [1.54, 1.807) is 0 Å². The average Bonchev–Trinajstić information content (AvgIpc) is 2.42. The van der Waals surface area contributed by atoms with Gasteiger partial charge in [-0.2, -0.15) is 0 Å². The molecule has 0 aliphatic heterocycles. The molecule has 0 bridgehead atoms. The summed E-state index contributed by atoms with van der Waals surface area (Å²) in [5, 5.41) is 20.0. The molecule has 108 valence electrons. The first-order valence-electron chi connectivity index (χ1n) is 5.39. The molecule has 2 rings (SSSR count). The minimum Gasteiger partial charge on any atom is -0.478 e. The molecule has 7 nitrogen and oxygen atoms in total. The second-order valence-corrected chi connectivity index (χ2v) is 4.62. The van der Waals surface area contributed by atoms with Crippen LogP contribution in [0.4, 0.5) is 5.69 Å². The molecule has 0 saturated carbocycles. The highest BCUT2D eigenvalue weighted by Gasteiger charge is 2.18. The first kappa shape index (κ1) is 15.0. The number of nitro benzene ring substituents is 1. The van der Waals surface area contributed by atoms with Crippen LogP contribution in [0, 0.1) is 10.1 Å². The molecule has 0 saturated heterocycles. The van der Waals surface area contributed by atoms with Gasteiger partial charge in [-0.3, -0.25) is 10.1 Å². The van der Waals surface area contributed by atoms with Crippen LogP contribution in [-0.2, 0) is 0 Å². The van der Waals surface area contributed by atoms with Crippen LogP contribution in [0.15, 0.2) is 30.5 Å². The van der Waals surface area contributed by atoms with Crippen molar-refractivity contribution in [2.24, 2.45) is 0 Å². The van der Waals surface area contributed by atoms with Crippen molar-refractivity contribution in [2.45, 2.75) is 0 Å². The highest BCUT2D eigenvalue weighted by molar-refractivity contribution is 6.33. The summed E-state index contributed by atoms with van der Waals surface area (Å²) in [6.45, 7) is 0. The van der Waals surface area contributed by atoms with Gasteiger partial charge in [-0.15, -0.1) is 0 Å². The van der Waals surface area contributed by atoms with Crippen molar-refractivity contribution < 1.29 is 19.6 Å². The van der Waals surface area contributed by atoms with Gasteiger partial charge < -0.3 is 9.84 Å². The number of carboxylic acids is 1. The van der Waals surface area contributed by atoms with E-state index >= 15 is 0 Å². The Bertz CT molecular complexity index is 736. The van der Waals surface area contributed by atoms with Crippen LogP contribution in [0.3, 0.4) is 0 Å². The number of aromatic nitrogens is 1. The lowest BCUT2D eigenvalue weighted by Gasteiger charge is -2.07. The summed E-state index contributed by atoms with van der Waals surface area (Å²) in [6.07, 6.45) is 1.09. The molecule has 0 aliphatic rings. The lowest BCUT2D eigenvalue weighted by atomic mass is 10.2. The van der Waals surface area contributed by atoms with Gasteiger partial charge in [-0.25, -0.2) is 9.78 Å². The van der Waals surface area contributed by atoms with E-state index < -0.39 is 10.9 Å². The summed E-state index contributed by atoms with van der Waals surface area (Å²) in [5.41, 5.74) is -0.589. The Kier molecular flexibility index (Phi) is 4.25. The van der Waals surface area contributed by atoms with Crippen LogP contribution >= 0.6 is 23.2 Å². The third kappa shape index (κ3) is 3.39. The van der Waals surface area contributed by atoms with E-state index in [0.717, 1.165) is 18.3 Å². The smallest absolute Gasteiger partial charge is 0.337 e. The van der Waals surface area contributed by atoms with Gasteiger partial charge >= 0.3 is 11.7 Å². The molecule has 0 fully saturated rings. The van der Waals surface area contributed by atoms with E-state index in [0.29, 0.717) is 0 Å². The zero-order valence-electron chi connectivity index (χ0n) is 10.1. The van der Waals surface area contributed by atoms with Crippen LogP contribution in [0.25, 0.3) is 0 Å². The van der Waals surface area contributed by atoms with Crippen LogP contribution < -0.4 is 4.74 Å². The normalized spacial score (nSPS) is 10.2. The van der Waals surface area contributed by atoms with E-state index in [4.69, 9.17) is 33.0 Å². The van der Waals surface area contributed by atoms with Crippen LogP contribution in [-0.4, -0.2) is 21.0 Å². The van der Waals surface area contributed by atoms with Gasteiger partial charge in [0.2, 0.25) is 11.6 Å². The first-order chi connectivity index (χ1) is 9.88. The molecule has 0 radical (unpaired) electrons. The third-order valence-corrected chi connectivity index (χ3v) is 2.93. The zero-order valence-corrected chi connectivity index (χ0v) is 11.6. The van der Waals surface area contributed by atoms with Gasteiger partial charge in [-0.05, 0) is 12.1 Å². The minimum atomic E-state index is -1.27. The topological polar surface area (TPSA) is 103 Å². The largest absolute Gasteiger partial charge is 0.478 e. The van der Waals surface area contributed by atoms with Crippen molar-refractivity contribution in [1.29, 1.82) is 0 Å². The van der Waals surface area contributed by atoms with Gasteiger partial charge in [0, 0.05) is 17.2 Å². The van der Waals surface area contributed by atoms with Crippen LogP contribution in [0.5, 0.6) is 11.6 Å². The zero-order chi connectivity index (χ0) is 15.6. The third-order valence-electron chi connectivity index (χ3n) is 2.39. The molecule has 0 aliphatic carbocycles. The Morgan fingerprint density at radius 3 is 2.67 bits per heavy atom. The Morgan fingerprint density at radius 2 is 2.05 bits per heavy atom. The summed E-state index contributed by atoms with van der Waals surface area (Å²) in [7, 11) is 0. The van der Waals surface area contributed by atoms with Gasteiger partial charge in [-0.1, -0.05) is 23.2 Å². The molecule has 9 heteroatoms. The summed E-state index contributed by atoms with van der Waals surface area (Å²) >= 11 is 11.4. The van der Waals surface area contributed by atoms with Crippen molar-refractivity contribution in [3.05, 3.63) is 56.2 Å². The standard InChI is InChI=1S/C12H6Cl2N2O5/c13-6-1-2-10(9(3-6)16(19)20)21-11-4-7(12(17)18)8(14)5-15-11/h1-5H,(H,17,18). The predicted molar refractivity (Wildman–Crippen MR) is 74.4 cm³/mol. The second kappa shape index (κ2) is 5.94. The van der Waals surface area contributed by atoms with Gasteiger partial charge in [0.05, 0.1) is 21.7 Å². The van der Waals surface area contributed by atoms with Crippen molar-refractivity contribution in [1.82, 2.24) is 4.98 Å². The highest BCUT2D eigenvalue weighted by Crippen LogP contribution is 2.33. The molecular formula is C12H6Cl2N2O5. The summed E-state index contributed by atoms with van der Waals surface area (Å²) < 4.78 is 5.24. The highest BCUT2D eigenvalue weighted by atomic mass is 35.5. The van der Waals surface area contributed by atoms with Crippen molar-refractivity contribution in [3.63, 3.8) is 0 Å². The summed E-state index contributed by atoms with van der Waals surface area (Å²) in [6, 6.07) is 4.88. The fourth-order valence-corrected chi connectivity index (χ4v) is 1.82. The number of rotatable bonds is 4. The number of ether oxygens (including phenoxy) is 1. The molecule has 0 spiro atoms. The Balaban J connectivity index is 2.41. The molecule has 0 amide bonds. The maximum Gasteiger partial charge on any atom is 0.337 e. The molecule has 1 aromatic carbocycles. The van der Waals surface area contributed by atoms with E-state index in [-0.39, 0.29) is 32.9 Å². The SMILES string of the molecule is O=C(O)c1cc(Oc2ccc(Cl)cc2[N+](=O)[O-])ncc1Cl. The van der Waals surface area contributed by atoms with Gasteiger partial charge in [0.1, 0.15) is 0 Å². The van der Waals surface area contributed by atoms with Gasteiger partial charge in [0.15, 0.2) is 0 Å². The number of nitro groups is 1. The Labute approximate surface area is 127 Å². The lowest BCUT2D eigenvalue weighted by molar-refractivity contribution is -0.385. The number of aromatic carboxylic acids is 1. The monoisotopic (exact) mass is 328 g/mol. The fraction of sp³-hybridized carbons (Fsp3) is 0. The number of benzene rings is 1.